The van der Waals surface area contributed by atoms with Gasteiger partial charge in [0.1, 0.15) is 0 Å². The van der Waals surface area contributed by atoms with Crippen LogP contribution in [0.25, 0.3) is 5.69 Å². The number of allylic oxidation sites excluding steroid dienone is 4. The smallest absolute Gasteiger partial charge is 0.352 e. The van der Waals surface area contributed by atoms with Crippen molar-refractivity contribution in [2.45, 2.75) is 38.8 Å². The van der Waals surface area contributed by atoms with Gasteiger partial charge in [-0.25, -0.2) is 27.9 Å². The van der Waals surface area contributed by atoms with Gasteiger partial charge in [-0.2, -0.15) is 0 Å². The van der Waals surface area contributed by atoms with Gasteiger partial charge in [-0.15, -0.1) is 0 Å². The fourth-order valence-corrected chi connectivity index (χ4v) is 6.45. The predicted octanol–water partition coefficient (Wildman–Crippen LogP) is 3.03. The van der Waals surface area contributed by atoms with Crippen LogP contribution in [-0.4, -0.2) is 30.6 Å². The Kier molecular flexibility index (Phi) is 4.92. The predicted molar refractivity (Wildman–Crippen MR) is 132 cm³/mol. The second-order valence-electron chi connectivity index (χ2n) is 10.1. The zero-order valence-corrected chi connectivity index (χ0v) is 20.2. The largest absolute Gasteiger partial charge is 0.505 e. The topological polar surface area (TPSA) is 103 Å². The first-order chi connectivity index (χ1) is 17.7. The Labute approximate surface area is 210 Å². The van der Waals surface area contributed by atoms with E-state index in [1.54, 1.807) is 50.3 Å². The molecule has 3 aromatic rings. The molecule has 1 aromatic heterocycles. The maximum absolute atomic E-state index is 14.6. The van der Waals surface area contributed by atoms with Gasteiger partial charge in [0.05, 0.1) is 23.7 Å². The summed E-state index contributed by atoms with van der Waals surface area (Å²) >= 11 is 0. The fraction of sp³-hybridized carbons (Fsp3) is 0.286. The van der Waals surface area contributed by atoms with Crippen LogP contribution in [0.1, 0.15) is 37.8 Å². The maximum Gasteiger partial charge on any atom is 0.352 e. The molecule has 2 heterocycles. The van der Waals surface area contributed by atoms with E-state index in [1.165, 1.54) is 27.6 Å². The zero-order valence-electron chi connectivity index (χ0n) is 20.2. The molecule has 1 saturated carbocycles. The number of ketones is 2. The first kappa shape index (κ1) is 23.1. The standard InChI is InChI=1S/C28H24FN3O5/c1-15-13-22(33)28(2)19(24(15)34)14-21-17(23(28)18-9-6-10-20(29)25(18)35)11-12-30-26(36)31(27(37)32(21)30)16-7-4-3-5-8-16/h3-11,13,19,21,23,35H,12,14H2,1-2H3/t19-,21+,23+,28-/m0/s1. The molecular weight excluding hydrogens is 477 g/mol. The molecule has 8 nitrogen and oxygen atoms in total. The van der Waals surface area contributed by atoms with E-state index in [4.69, 9.17) is 0 Å². The molecule has 188 valence electrons. The van der Waals surface area contributed by atoms with Gasteiger partial charge in [0, 0.05) is 17.4 Å². The number of para-hydroxylation sites is 2. The van der Waals surface area contributed by atoms with Crippen molar-refractivity contribution in [3.63, 3.8) is 0 Å². The molecule has 37 heavy (non-hydrogen) atoms. The number of Topliss-reactive ketones (excluding diaryl/α,β-unsaturated/α-hetero) is 1. The van der Waals surface area contributed by atoms with Crippen molar-refractivity contribution < 1.29 is 19.1 Å². The molecule has 2 aliphatic carbocycles. The second kappa shape index (κ2) is 7.86. The van der Waals surface area contributed by atoms with Crippen LogP contribution in [0.2, 0.25) is 0 Å². The SMILES string of the molecule is CC1=CC(=O)[C@@]2(C)[C@@H](c3cccc(F)c3O)C3=CCn4c(=O)n(-c5ccccc5)c(=O)n4[C@@H]3C[C@H]2C1=O. The molecule has 0 radical (unpaired) electrons. The Bertz CT molecular complexity index is 1680. The minimum atomic E-state index is -1.31. The van der Waals surface area contributed by atoms with Crippen LogP contribution in [0, 0.1) is 17.2 Å². The van der Waals surface area contributed by atoms with E-state index in [2.05, 4.69) is 0 Å². The molecular formula is C28H24FN3O5. The number of benzene rings is 2. The Morgan fingerprint density at radius 1 is 1.00 bits per heavy atom. The van der Waals surface area contributed by atoms with E-state index in [0.717, 1.165) is 10.6 Å². The van der Waals surface area contributed by atoms with Crippen LogP contribution in [0.4, 0.5) is 4.39 Å². The van der Waals surface area contributed by atoms with E-state index in [0.29, 0.717) is 16.8 Å². The first-order valence-corrected chi connectivity index (χ1v) is 12.1. The van der Waals surface area contributed by atoms with Gasteiger partial charge in [0.25, 0.3) is 0 Å². The Hall–Kier alpha value is -4.27. The highest BCUT2D eigenvalue weighted by Gasteiger charge is 2.59. The molecule has 2 aromatic carbocycles. The quantitative estimate of drug-likeness (QED) is 0.544. The average Bonchev–Trinajstić information content (AvgIpc) is 3.14. The lowest BCUT2D eigenvalue weighted by molar-refractivity contribution is -0.139. The lowest BCUT2D eigenvalue weighted by atomic mass is 9.51. The third kappa shape index (κ3) is 3.00. The van der Waals surface area contributed by atoms with Crippen molar-refractivity contribution >= 4 is 11.6 Å². The zero-order chi connectivity index (χ0) is 26.2. The number of hydrogen-bond donors (Lipinski definition) is 1. The first-order valence-electron chi connectivity index (χ1n) is 12.1. The Morgan fingerprint density at radius 2 is 1.73 bits per heavy atom. The van der Waals surface area contributed by atoms with Crippen molar-refractivity contribution in [3.8, 4) is 11.4 Å². The van der Waals surface area contributed by atoms with E-state index in [9.17, 15) is 28.7 Å². The van der Waals surface area contributed by atoms with Gasteiger partial charge in [-0.1, -0.05) is 43.3 Å². The van der Waals surface area contributed by atoms with Crippen LogP contribution < -0.4 is 11.4 Å². The minimum absolute atomic E-state index is 0.0457. The van der Waals surface area contributed by atoms with E-state index < -0.39 is 46.2 Å². The number of carbonyl (C=O) groups excluding carboxylic acids is 2. The van der Waals surface area contributed by atoms with Crippen LogP contribution in [0.15, 0.2) is 81.4 Å². The highest BCUT2D eigenvalue weighted by atomic mass is 19.1. The fourth-order valence-electron chi connectivity index (χ4n) is 6.45. The van der Waals surface area contributed by atoms with E-state index in [-0.39, 0.29) is 30.1 Å². The monoisotopic (exact) mass is 501 g/mol. The number of halogens is 1. The van der Waals surface area contributed by atoms with E-state index >= 15 is 0 Å². The van der Waals surface area contributed by atoms with Gasteiger partial charge in [-0.3, -0.25) is 9.59 Å². The molecule has 0 amide bonds. The summed E-state index contributed by atoms with van der Waals surface area (Å²) in [6.45, 7) is 3.30. The van der Waals surface area contributed by atoms with Crippen LogP contribution in [0.5, 0.6) is 5.75 Å². The highest BCUT2D eigenvalue weighted by Crippen LogP contribution is 2.60. The van der Waals surface area contributed by atoms with Crippen molar-refractivity contribution in [2.24, 2.45) is 11.3 Å². The number of phenols is 1. The molecule has 1 fully saturated rings. The molecule has 0 unspecified atom stereocenters. The molecule has 0 bridgehead atoms. The Balaban J connectivity index is 1.62. The van der Waals surface area contributed by atoms with Gasteiger partial charge < -0.3 is 5.11 Å². The third-order valence-corrected chi connectivity index (χ3v) is 8.28. The number of hydrogen-bond acceptors (Lipinski definition) is 5. The van der Waals surface area contributed by atoms with Crippen LogP contribution >= 0.6 is 0 Å². The number of rotatable bonds is 2. The van der Waals surface area contributed by atoms with Crippen LogP contribution in [-0.2, 0) is 16.1 Å². The third-order valence-electron chi connectivity index (χ3n) is 8.28. The van der Waals surface area contributed by atoms with Crippen molar-refractivity contribution in [1.29, 1.82) is 0 Å². The summed E-state index contributed by atoms with van der Waals surface area (Å²) in [4.78, 5) is 54.1. The number of fused-ring (bicyclic) bond motifs is 4. The lowest BCUT2D eigenvalue weighted by Crippen LogP contribution is -2.54. The van der Waals surface area contributed by atoms with Crippen molar-refractivity contribution in [3.05, 3.63) is 104 Å². The Morgan fingerprint density at radius 3 is 2.46 bits per heavy atom. The maximum atomic E-state index is 14.6. The summed E-state index contributed by atoms with van der Waals surface area (Å²) in [6.07, 6.45) is 3.20. The summed E-state index contributed by atoms with van der Waals surface area (Å²) < 4.78 is 18.3. The van der Waals surface area contributed by atoms with Crippen LogP contribution in [0.3, 0.4) is 0 Å². The number of carbonyl (C=O) groups is 2. The molecule has 9 heteroatoms. The van der Waals surface area contributed by atoms with Gasteiger partial charge in [0.2, 0.25) is 0 Å². The van der Waals surface area contributed by atoms with Gasteiger partial charge in [-0.05, 0) is 48.8 Å². The molecule has 4 atom stereocenters. The minimum Gasteiger partial charge on any atom is -0.505 e. The number of aromatic hydroxyl groups is 1. The summed E-state index contributed by atoms with van der Waals surface area (Å²) in [5.41, 5.74) is -0.907. The van der Waals surface area contributed by atoms with Crippen molar-refractivity contribution in [2.75, 3.05) is 0 Å². The second-order valence-corrected chi connectivity index (χ2v) is 10.1. The number of aromatic nitrogens is 3. The summed E-state index contributed by atoms with van der Waals surface area (Å²) in [7, 11) is 0. The summed E-state index contributed by atoms with van der Waals surface area (Å²) in [5, 5.41) is 10.8. The summed E-state index contributed by atoms with van der Waals surface area (Å²) in [5.74, 6) is -3.70. The average molecular weight is 502 g/mol. The van der Waals surface area contributed by atoms with E-state index in [1.807, 2.05) is 0 Å². The molecule has 6 rings (SSSR count). The van der Waals surface area contributed by atoms with Crippen molar-refractivity contribution in [1.82, 2.24) is 13.9 Å². The summed E-state index contributed by atoms with van der Waals surface area (Å²) in [6, 6.07) is 11.9. The van der Waals surface area contributed by atoms with Gasteiger partial charge in [0.15, 0.2) is 23.1 Å². The molecule has 3 aliphatic rings. The number of phenolic OH excluding ortho intramolecular Hbond substituents is 1. The number of nitrogens with zero attached hydrogens (tertiary/aromatic N) is 3. The van der Waals surface area contributed by atoms with Gasteiger partial charge >= 0.3 is 11.4 Å². The normalized spacial score (nSPS) is 26.6. The molecule has 0 saturated heterocycles. The lowest BCUT2D eigenvalue weighted by Gasteiger charge is -2.52. The molecule has 1 aliphatic heterocycles. The highest BCUT2D eigenvalue weighted by molar-refractivity contribution is 6.13. The molecule has 1 N–H and O–H groups in total. The molecule has 0 spiro atoms.